The normalized spacial score (nSPS) is 16.6. The SMILES string of the molecule is CCN=C1S/C(=C/c2cc(OC)c(OCc3ccc(F)cc3)cc2Br)C(=O)N1CC. The Labute approximate surface area is 188 Å². The van der Waals surface area contributed by atoms with Crippen molar-refractivity contribution < 1.29 is 18.7 Å². The van der Waals surface area contributed by atoms with Gasteiger partial charge in [-0.05, 0) is 67.1 Å². The van der Waals surface area contributed by atoms with E-state index in [0.717, 1.165) is 20.8 Å². The predicted molar refractivity (Wildman–Crippen MR) is 122 cm³/mol. The Morgan fingerprint density at radius 2 is 1.93 bits per heavy atom. The number of hydrogen-bond donors (Lipinski definition) is 0. The number of amides is 1. The quantitative estimate of drug-likeness (QED) is 0.479. The van der Waals surface area contributed by atoms with E-state index in [9.17, 15) is 9.18 Å². The molecule has 0 unspecified atom stereocenters. The summed E-state index contributed by atoms with van der Waals surface area (Å²) in [5, 5.41) is 0.721. The summed E-state index contributed by atoms with van der Waals surface area (Å²) in [4.78, 5) is 19.4. The van der Waals surface area contributed by atoms with Crippen molar-refractivity contribution in [1.82, 2.24) is 4.90 Å². The van der Waals surface area contributed by atoms with E-state index < -0.39 is 0 Å². The van der Waals surface area contributed by atoms with Crippen molar-refractivity contribution in [1.29, 1.82) is 0 Å². The van der Waals surface area contributed by atoms with Crippen LogP contribution in [0.3, 0.4) is 0 Å². The molecule has 0 spiro atoms. The van der Waals surface area contributed by atoms with E-state index in [0.29, 0.717) is 29.5 Å². The molecule has 8 heteroatoms. The van der Waals surface area contributed by atoms with Crippen LogP contribution in [-0.2, 0) is 11.4 Å². The Morgan fingerprint density at radius 1 is 1.20 bits per heavy atom. The van der Waals surface area contributed by atoms with Gasteiger partial charge in [0.1, 0.15) is 12.4 Å². The highest BCUT2D eigenvalue weighted by molar-refractivity contribution is 9.10. The third-order valence-corrected chi connectivity index (χ3v) is 6.11. The van der Waals surface area contributed by atoms with Crippen LogP contribution in [0, 0.1) is 5.82 Å². The fourth-order valence-electron chi connectivity index (χ4n) is 2.86. The van der Waals surface area contributed by atoms with E-state index in [-0.39, 0.29) is 18.3 Å². The molecule has 2 aromatic carbocycles. The molecule has 1 heterocycles. The van der Waals surface area contributed by atoms with Gasteiger partial charge in [0.15, 0.2) is 16.7 Å². The van der Waals surface area contributed by atoms with Gasteiger partial charge in [0.05, 0.1) is 12.0 Å². The summed E-state index contributed by atoms with van der Waals surface area (Å²) in [6, 6.07) is 9.76. The van der Waals surface area contributed by atoms with Crippen molar-refractivity contribution in [3.63, 3.8) is 0 Å². The van der Waals surface area contributed by atoms with Crippen LogP contribution in [-0.4, -0.2) is 36.2 Å². The van der Waals surface area contributed by atoms with Crippen molar-refractivity contribution in [2.24, 2.45) is 4.99 Å². The Morgan fingerprint density at radius 3 is 2.57 bits per heavy atom. The van der Waals surface area contributed by atoms with Crippen molar-refractivity contribution >= 4 is 44.8 Å². The Hall–Kier alpha value is -2.32. The molecule has 0 aromatic heterocycles. The number of amidine groups is 1. The molecule has 0 radical (unpaired) electrons. The standard InChI is InChI=1S/C22H22BrFN2O3S/c1-4-25-22-26(5-2)21(27)20(30-22)11-15-10-18(28-3)19(12-17(15)23)29-13-14-6-8-16(24)9-7-14/h6-12H,4-5,13H2,1-3H3/b20-11+,25-22?. The molecular formula is C22H22BrFN2O3S. The molecule has 5 nitrogen and oxygen atoms in total. The van der Waals surface area contributed by atoms with E-state index >= 15 is 0 Å². The van der Waals surface area contributed by atoms with Gasteiger partial charge in [-0.15, -0.1) is 0 Å². The van der Waals surface area contributed by atoms with Gasteiger partial charge >= 0.3 is 0 Å². The number of aliphatic imine (C=N–C) groups is 1. The number of ether oxygens (including phenoxy) is 2. The molecule has 3 rings (SSSR count). The fourth-order valence-corrected chi connectivity index (χ4v) is 4.39. The summed E-state index contributed by atoms with van der Waals surface area (Å²) < 4.78 is 25.2. The summed E-state index contributed by atoms with van der Waals surface area (Å²) in [5.74, 6) is 0.740. The maximum Gasteiger partial charge on any atom is 0.266 e. The Balaban J connectivity index is 1.85. The van der Waals surface area contributed by atoms with Crippen LogP contribution in [0.5, 0.6) is 11.5 Å². The number of nitrogens with zero attached hydrogens (tertiary/aromatic N) is 2. The van der Waals surface area contributed by atoms with Crippen LogP contribution >= 0.6 is 27.7 Å². The molecule has 1 saturated heterocycles. The highest BCUT2D eigenvalue weighted by Crippen LogP contribution is 2.38. The van der Waals surface area contributed by atoms with Gasteiger partial charge < -0.3 is 9.47 Å². The molecule has 30 heavy (non-hydrogen) atoms. The summed E-state index contributed by atoms with van der Waals surface area (Å²) >= 11 is 4.93. The molecule has 0 bridgehead atoms. The van der Waals surface area contributed by atoms with Gasteiger partial charge in [0.25, 0.3) is 5.91 Å². The number of rotatable bonds is 7. The van der Waals surface area contributed by atoms with Crippen LogP contribution in [0.2, 0.25) is 0 Å². The first-order valence-corrected chi connectivity index (χ1v) is 11.1. The van der Waals surface area contributed by atoms with E-state index in [4.69, 9.17) is 9.47 Å². The molecule has 1 aliphatic heterocycles. The zero-order valence-corrected chi connectivity index (χ0v) is 19.3. The van der Waals surface area contributed by atoms with Gasteiger partial charge in [-0.3, -0.25) is 14.7 Å². The average molecular weight is 493 g/mol. The summed E-state index contributed by atoms with van der Waals surface area (Å²) in [7, 11) is 1.56. The van der Waals surface area contributed by atoms with Crippen LogP contribution in [0.1, 0.15) is 25.0 Å². The average Bonchev–Trinajstić information content (AvgIpc) is 3.03. The van der Waals surface area contributed by atoms with Gasteiger partial charge in [-0.25, -0.2) is 4.39 Å². The lowest BCUT2D eigenvalue weighted by Gasteiger charge is -2.13. The number of carbonyl (C=O) groups is 1. The lowest BCUT2D eigenvalue weighted by atomic mass is 10.1. The summed E-state index contributed by atoms with van der Waals surface area (Å²) in [6.45, 7) is 5.35. The fraction of sp³-hybridized carbons (Fsp3) is 0.273. The third kappa shape index (κ3) is 5.05. The zero-order valence-electron chi connectivity index (χ0n) is 16.9. The van der Waals surface area contributed by atoms with Crippen molar-refractivity contribution in [2.75, 3.05) is 20.2 Å². The number of hydrogen-bond acceptors (Lipinski definition) is 5. The minimum atomic E-state index is -0.287. The Bertz CT molecular complexity index is 993. The topological polar surface area (TPSA) is 51.1 Å². The van der Waals surface area contributed by atoms with Crippen LogP contribution in [0.4, 0.5) is 4.39 Å². The maximum absolute atomic E-state index is 13.1. The molecule has 158 valence electrons. The highest BCUT2D eigenvalue weighted by Gasteiger charge is 2.32. The lowest BCUT2D eigenvalue weighted by molar-refractivity contribution is -0.122. The van der Waals surface area contributed by atoms with Gasteiger partial charge in [0.2, 0.25) is 0 Å². The number of benzene rings is 2. The molecule has 2 aromatic rings. The zero-order chi connectivity index (χ0) is 21.7. The van der Waals surface area contributed by atoms with Gasteiger partial charge in [0, 0.05) is 17.6 Å². The molecule has 0 aliphatic carbocycles. The van der Waals surface area contributed by atoms with Gasteiger partial charge in [-0.2, -0.15) is 0 Å². The van der Waals surface area contributed by atoms with Crippen molar-refractivity contribution in [3.8, 4) is 11.5 Å². The van der Waals surface area contributed by atoms with Crippen LogP contribution in [0.25, 0.3) is 6.08 Å². The van der Waals surface area contributed by atoms with Crippen LogP contribution in [0.15, 0.2) is 50.8 Å². The second-order valence-corrected chi connectivity index (χ2v) is 8.22. The molecule has 1 aliphatic rings. The van der Waals surface area contributed by atoms with Crippen molar-refractivity contribution in [2.45, 2.75) is 20.5 Å². The minimum absolute atomic E-state index is 0.0581. The van der Waals surface area contributed by atoms with E-state index in [1.807, 2.05) is 26.0 Å². The third-order valence-electron chi connectivity index (χ3n) is 4.37. The first kappa shape index (κ1) is 22.4. The van der Waals surface area contributed by atoms with E-state index in [2.05, 4.69) is 20.9 Å². The largest absolute Gasteiger partial charge is 0.493 e. The van der Waals surface area contributed by atoms with Crippen molar-refractivity contribution in [3.05, 3.63) is 62.7 Å². The number of methoxy groups -OCH3 is 1. The first-order valence-electron chi connectivity index (χ1n) is 9.47. The molecule has 1 amide bonds. The Kier molecular flexibility index (Phi) is 7.55. The molecule has 1 fully saturated rings. The highest BCUT2D eigenvalue weighted by atomic mass is 79.9. The minimum Gasteiger partial charge on any atom is -0.493 e. The van der Waals surface area contributed by atoms with E-state index in [1.165, 1.54) is 23.9 Å². The molecule has 0 saturated carbocycles. The lowest BCUT2D eigenvalue weighted by Crippen LogP contribution is -2.28. The second kappa shape index (κ2) is 10.1. The molecule has 0 N–H and O–H groups in total. The summed E-state index contributed by atoms with van der Waals surface area (Å²) in [6.07, 6.45) is 1.82. The first-order chi connectivity index (χ1) is 14.5. The number of likely N-dealkylation sites (N-methyl/N-ethyl adjacent to an activating group) is 1. The number of carbonyl (C=O) groups excluding carboxylic acids is 1. The maximum atomic E-state index is 13.1. The number of halogens is 2. The van der Waals surface area contributed by atoms with Gasteiger partial charge in [-0.1, -0.05) is 28.1 Å². The molecule has 0 atom stereocenters. The predicted octanol–water partition coefficient (Wildman–Crippen LogP) is 5.49. The van der Waals surface area contributed by atoms with E-state index in [1.54, 1.807) is 30.2 Å². The second-order valence-electron chi connectivity index (χ2n) is 6.36. The van der Waals surface area contributed by atoms with Crippen LogP contribution < -0.4 is 9.47 Å². The smallest absolute Gasteiger partial charge is 0.266 e. The molecular weight excluding hydrogens is 471 g/mol. The number of thioether (sulfide) groups is 1. The monoisotopic (exact) mass is 492 g/mol. The summed E-state index contributed by atoms with van der Waals surface area (Å²) in [5.41, 5.74) is 1.64.